The number of carbonyl (C=O) groups is 1. The third kappa shape index (κ3) is 5.13. The highest BCUT2D eigenvalue weighted by Crippen LogP contribution is 2.23. The van der Waals surface area contributed by atoms with Crippen LogP contribution in [0.15, 0.2) is 24.3 Å². The summed E-state index contributed by atoms with van der Waals surface area (Å²) in [7, 11) is 1.65. The van der Waals surface area contributed by atoms with Crippen LogP contribution in [0, 0.1) is 0 Å². The van der Waals surface area contributed by atoms with Crippen molar-refractivity contribution in [1.82, 2.24) is 10.6 Å². The van der Waals surface area contributed by atoms with Crippen molar-refractivity contribution in [2.75, 3.05) is 31.7 Å². The van der Waals surface area contributed by atoms with Crippen LogP contribution in [0.1, 0.15) is 44.7 Å². The van der Waals surface area contributed by atoms with Gasteiger partial charge in [-0.05, 0) is 43.9 Å². The summed E-state index contributed by atoms with van der Waals surface area (Å²) in [5, 5.41) is 5.97. The summed E-state index contributed by atoms with van der Waals surface area (Å²) in [6.45, 7) is 6.83. The molecule has 1 aromatic rings. The van der Waals surface area contributed by atoms with Crippen molar-refractivity contribution in [2.24, 2.45) is 0 Å². The summed E-state index contributed by atoms with van der Waals surface area (Å²) < 4.78 is 5.11. The monoisotopic (exact) mass is 319 g/mol. The Kier molecular flexibility index (Phi) is 6.71. The molecule has 0 saturated carbocycles. The van der Waals surface area contributed by atoms with Gasteiger partial charge in [-0.25, -0.2) is 4.79 Å². The second-order valence-electron chi connectivity index (χ2n) is 6.19. The average Bonchev–Trinajstić information content (AvgIpc) is 3.09. The summed E-state index contributed by atoms with van der Waals surface area (Å²) >= 11 is 0. The zero-order chi connectivity index (χ0) is 16.7. The number of ether oxygens (including phenoxy) is 1. The Labute approximate surface area is 139 Å². The predicted octanol–water partition coefficient (Wildman–Crippen LogP) is 3.07. The molecule has 1 saturated heterocycles. The zero-order valence-electron chi connectivity index (χ0n) is 14.5. The number of nitrogens with one attached hydrogen (secondary N) is 2. The van der Waals surface area contributed by atoms with E-state index in [0.29, 0.717) is 6.61 Å². The molecule has 2 rings (SSSR count). The summed E-state index contributed by atoms with van der Waals surface area (Å²) in [6, 6.07) is 8.33. The molecule has 1 aromatic carbocycles. The Morgan fingerprint density at radius 1 is 1.30 bits per heavy atom. The minimum atomic E-state index is -0.145. The molecule has 2 N–H and O–H groups in total. The van der Waals surface area contributed by atoms with E-state index in [1.54, 1.807) is 7.11 Å². The van der Waals surface area contributed by atoms with Crippen LogP contribution >= 0.6 is 0 Å². The van der Waals surface area contributed by atoms with Gasteiger partial charge < -0.3 is 20.3 Å². The average molecular weight is 319 g/mol. The van der Waals surface area contributed by atoms with Crippen molar-refractivity contribution < 1.29 is 9.53 Å². The molecule has 0 aromatic heterocycles. The van der Waals surface area contributed by atoms with Crippen LogP contribution in [0.5, 0.6) is 0 Å². The van der Waals surface area contributed by atoms with Gasteiger partial charge in [-0.1, -0.05) is 19.1 Å². The molecule has 23 heavy (non-hydrogen) atoms. The third-order valence-corrected chi connectivity index (χ3v) is 4.38. The van der Waals surface area contributed by atoms with Gasteiger partial charge >= 0.3 is 6.03 Å². The molecule has 2 amide bonds. The number of hydrogen-bond acceptors (Lipinski definition) is 3. The molecule has 2 atom stereocenters. The summed E-state index contributed by atoms with van der Waals surface area (Å²) in [6.07, 6.45) is 3.37. The van der Waals surface area contributed by atoms with Gasteiger partial charge in [0, 0.05) is 25.9 Å². The highest BCUT2D eigenvalue weighted by molar-refractivity contribution is 5.74. The third-order valence-electron chi connectivity index (χ3n) is 4.38. The molecule has 128 valence electrons. The largest absolute Gasteiger partial charge is 0.383 e. The normalized spacial score (nSPS) is 16.9. The van der Waals surface area contributed by atoms with Gasteiger partial charge in [-0.2, -0.15) is 0 Å². The first-order valence-corrected chi connectivity index (χ1v) is 8.55. The van der Waals surface area contributed by atoms with Gasteiger partial charge in [0.1, 0.15) is 0 Å². The van der Waals surface area contributed by atoms with Crippen molar-refractivity contribution in [3.05, 3.63) is 29.8 Å². The molecule has 5 nitrogen and oxygen atoms in total. The maximum Gasteiger partial charge on any atom is 0.315 e. The quantitative estimate of drug-likeness (QED) is 0.812. The van der Waals surface area contributed by atoms with E-state index in [4.69, 9.17) is 4.74 Å². The lowest BCUT2D eigenvalue weighted by Gasteiger charge is -2.22. The number of methoxy groups -OCH3 is 1. The lowest BCUT2D eigenvalue weighted by molar-refractivity contribution is 0.163. The second kappa shape index (κ2) is 8.77. The number of carbonyl (C=O) groups excluding carboxylic acids is 1. The van der Waals surface area contributed by atoms with Crippen LogP contribution in [-0.2, 0) is 4.74 Å². The maximum absolute atomic E-state index is 12.1. The second-order valence-corrected chi connectivity index (χ2v) is 6.19. The molecule has 0 unspecified atom stereocenters. The Hall–Kier alpha value is -1.75. The molecule has 1 fully saturated rings. The Morgan fingerprint density at radius 3 is 2.70 bits per heavy atom. The minimum absolute atomic E-state index is 0.0300. The Balaban J connectivity index is 1.93. The van der Waals surface area contributed by atoms with Gasteiger partial charge in [-0.15, -0.1) is 0 Å². The van der Waals surface area contributed by atoms with E-state index in [1.807, 2.05) is 13.8 Å². The first kappa shape index (κ1) is 17.6. The van der Waals surface area contributed by atoms with Crippen molar-refractivity contribution in [2.45, 2.75) is 45.2 Å². The van der Waals surface area contributed by atoms with E-state index in [0.717, 1.165) is 25.1 Å². The summed E-state index contributed by atoms with van der Waals surface area (Å²) in [5.41, 5.74) is 2.38. The van der Waals surface area contributed by atoms with Crippen molar-refractivity contribution >= 4 is 11.7 Å². The van der Waals surface area contributed by atoms with Crippen LogP contribution in [-0.4, -0.2) is 38.9 Å². The topological polar surface area (TPSA) is 53.6 Å². The number of benzene rings is 1. The summed E-state index contributed by atoms with van der Waals surface area (Å²) in [5.74, 6) is 0. The Bertz CT molecular complexity index is 501. The first-order valence-electron chi connectivity index (χ1n) is 8.55. The molecule has 5 heteroatoms. The lowest BCUT2D eigenvalue weighted by Crippen LogP contribution is -2.44. The molecule has 1 aliphatic heterocycles. The molecular weight excluding hydrogens is 290 g/mol. The van der Waals surface area contributed by atoms with Gasteiger partial charge in [0.2, 0.25) is 0 Å². The van der Waals surface area contributed by atoms with Gasteiger partial charge in [0.05, 0.1) is 18.7 Å². The van der Waals surface area contributed by atoms with Crippen LogP contribution in [0.25, 0.3) is 0 Å². The fraction of sp³-hybridized carbons (Fsp3) is 0.611. The van der Waals surface area contributed by atoms with Crippen LogP contribution in [0.4, 0.5) is 10.5 Å². The van der Waals surface area contributed by atoms with E-state index < -0.39 is 0 Å². The molecule has 0 radical (unpaired) electrons. The van der Waals surface area contributed by atoms with E-state index in [-0.39, 0.29) is 18.1 Å². The van der Waals surface area contributed by atoms with Gasteiger partial charge in [-0.3, -0.25) is 0 Å². The van der Waals surface area contributed by atoms with E-state index in [1.165, 1.54) is 18.5 Å². The van der Waals surface area contributed by atoms with E-state index >= 15 is 0 Å². The SMILES string of the molecule is CC[C@H](COC)NC(=O)N[C@@H](C)c1cccc(N2CCCC2)c1. The highest BCUT2D eigenvalue weighted by atomic mass is 16.5. The minimum Gasteiger partial charge on any atom is -0.383 e. The van der Waals surface area contributed by atoms with Crippen LogP contribution in [0.3, 0.4) is 0 Å². The van der Waals surface area contributed by atoms with Gasteiger partial charge in [0.15, 0.2) is 0 Å². The molecule has 0 bridgehead atoms. The lowest BCUT2D eigenvalue weighted by atomic mass is 10.1. The zero-order valence-corrected chi connectivity index (χ0v) is 14.5. The number of amides is 2. The number of urea groups is 1. The fourth-order valence-electron chi connectivity index (χ4n) is 2.94. The smallest absolute Gasteiger partial charge is 0.315 e. The summed E-state index contributed by atoms with van der Waals surface area (Å²) in [4.78, 5) is 14.5. The Morgan fingerprint density at radius 2 is 2.04 bits per heavy atom. The first-order chi connectivity index (χ1) is 11.1. The molecule has 0 aliphatic carbocycles. The van der Waals surface area contributed by atoms with Crippen molar-refractivity contribution in [1.29, 1.82) is 0 Å². The van der Waals surface area contributed by atoms with Gasteiger partial charge in [0.25, 0.3) is 0 Å². The number of hydrogen-bond donors (Lipinski definition) is 2. The van der Waals surface area contributed by atoms with Crippen molar-refractivity contribution in [3.8, 4) is 0 Å². The van der Waals surface area contributed by atoms with E-state index in [2.05, 4.69) is 39.8 Å². The molecule has 0 spiro atoms. The fourth-order valence-corrected chi connectivity index (χ4v) is 2.94. The van der Waals surface area contributed by atoms with Crippen LogP contribution in [0.2, 0.25) is 0 Å². The molecular formula is C18H29N3O2. The molecule has 1 heterocycles. The van der Waals surface area contributed by atoms with Crippen molar-refractivity contribution in [3.63, 3.8) is 0 Å². The highest BCUT2D eigenvalue weighted by Gasteiger charge is 2.16. The number of anilines is 1. The number of nitrogens with zero attached hydrogens (tertiary/aromatic N) is 1. The molecule has 1 aliphatic rings. The van der Waals surface area contributed by atoms with Crippen LogP contribution < -0.4 is 15.5 Å². The van der Waals surface area contributed by atoms with E-state index in [9.17, 15) is 4.79 Å². The standard InChI is InChI=1S/C18H29N3O2/c1-4-16(13-23-3)20-18(22)19-14(2)15-8-7-9-17(12-15)21-10-5-6-11-21/h7-9,12,14,16H,4-6,10-11,13H2,1-3H3,(H2,19,20,22)/t14-,16+/m0/s1. The number of rotatable bonds is 7. The predicted molar refractivity (Wildman–Crippen MR) is 93.9 cm³/mol. The maximum atomic E-state index is 12.1.